The maximum atomic E-state index is 15.2. The molecular formula is C64H57N2O2S2+. The van der Waals surface area contributed by atoms with Gasteiger partial charge in [0.15, 0.2) is 0 Å². The van der Waals surface area contributed by atoms with Crippen LogP contribution in [0.3, 0.4) is 0 Å². The highest BCUT2D eigenvalue weighted by atomic mass is 32.2. The molecule has 0 unspecified atom stereocenters. The number of fused-ring (bicyclic) bond motifs is 4. The van der Waals surface area contributed by atoms with Gasteiger partial charge < -0.3 is 10.0 Å². The van der Waals surface area contributed by atoms with Gasteiger partial charge in [0.2, 0.25) is 17.2 Å². The molecule has 6 heteroatoms. The van der Waals surface area contributed by atoms with Crippen molar-refractivity contribution in [1.82, 2.24) is 4.58 Å². The smallest absolute Gasteiger partial charge is 0.251 e. The number of benzene rings is 8. The standard InChI is InChI=1S/C64H56N2O2S2/c1-3-5-7-9-27-51-41-57(65(53-33-29-43-19-11-15-23-47(43)37-53)54-34-30-44-20-12-16-24-48(44)38-54)69-63(51)59-61(67)60(62(59)68)64-52(28-10-8-6-4-2)42-58(70-64)66(55-35-31-45-21-13-17-25-49(45)39-55)56-36-32-46-22-14-18-26-50(46)40-56/h11-26,29-42H,3-10,27-28H2,1-2H3/p+1. The van der Waals surface area contributed by atoms with Crippen molar-refractivity contribution in [2.24, 2.45) is 0 Å². The van der Waals surface area contributed by atoms with Gasteiger partial charge in [-0.3, -0.25) is 4.79 Å². The molecule has 1 aliphatic carbocycles. The Kier molecular flexibility index (Phi) is 13.1. The number of aryl methyl sites for hydroxylation is 1. The van der Waals surface area contributed by atoms with E-state index >= 15 is 4.79 Å². The molecule has 0 fully saturated rings. The third kappa shape index (κ3) is 8.91. The molecule has 11 rings (SSSR count). The van der Waals surface area contributed by atoms with Gasteiger partial charge in [-0.2, -0.15) is 0 Å². The first-order chi connectivity index (χ1) is 34.4. The highest BCUT2D eigenvalue weighted by molar-refractivity contribution is 8.18. The van der Waals surface area contributed by atoms with Crippen LogP contribution in [0.4, 0.5) is 27.8 Å². The van der Waals surface area contributed by atoms with E-state index in [4.69, 9.17) is 0 Å². The van der Waals surface area contributed by atoms with Crippen molar-refractivity contribution in [2.45, 2.75) is 78.1 Å². The van der Waals surface area contributed by atoms with E-state index in [9.17, 15) is 5.11 Å². The van der Waals surface area contributed by atoms with Crippen molar-refractivity contribution in [2.75, 3.05) is 4.90 Å². The number of thiophene rings is 1. The van der Waals surface area contributed by atoms with Crippen LogP contribution in [-0.4, -0.2) is 15.9 Å². The van der Waals surface area contributed by atoms with Gasteiger partial charge in [-0.05, 0) is 134 Å². The lowest BCUT2D eigenvalue weighted by Gasteiger charge is -2.25. The van der Waals surface area contributed by atoms with Crippen LogP contribution in [0.2, 0.25) is 0 Å². The monoisotopic (exact) mass is 949 g/mol. The number of aliphatic hydroxyl groups is 1. The number of hydrogen-bond donors (Lipinski definition) is 1. The minimum absolute atomic E-state index is 0.0742. The number of nitrogens with zero attached hydrogens (tertiary/aromatic N) is 2. The summed E-state index contributed by atoms with van der Waals surface area (Å²) >= 11 is 3.24. The van der Waals surface area contributed by atoms with Crippen LogP contribution >= 0.6 is 23.1 Å². The zero-order valence-corrected chi connectivity index (χ0v) is 41.6. The third-order valence-corrected chi connectivity index (χ3v) is 16.3. The largest absolute Gasteiger partial charge is 0.506 e. The molecule has 9 aromatic rings. The summed E-state index contributed by atoms with van der Waals surface area (Å²) in [4.78, 5) is 19.3. The Morgan fingerprint density at radius 3 is 1.47 bits per heavy atom. The Balaban J connectivity index is 1.05. The number of anilines is 3. The van der Waals surface area contributed by atoms with Crippen LogP contribution in [0, 0.1) is 0 Å². The van der Waals surface area contributed by atoms with Gasteiger partial charge in [0.1, 0.15) is 10.8 Å². The molecule has 0 saturated carbocycles. The fourth-order valence-corrected chi connectivity index (χ4v) is 12.8. The summed E-state index contributed by atoms with van der Waals surface area (Å²) in [5.74, 6) is 0.0390. The molecule has 0 atom stereocenters. The first-order valence-corrected chi connectivity index (χ1v) is 26.8. The number of thioether (sulfide) groups is 1. The molecule has 0 radical (unpaired) electrons. The quantitative estimate of drug-likeness (QED) is 0.0595. The highest BCUT2D eigenvalue weighted by Gasteiger charge is 2.43. The number of unbranched alkanes of at least 4 members (excludes halogenated alkanes) is 6. The number of ketones is 1. The lowest BCUT2D eigenvalue weighted by atomic mass is 9.83. The van der Waals surface area contributed by atoms with E-state index in [1.165, 1.54) is 21.5 Å². The van der Waals surface area contributed by atoms with Crippen molar-refractivity contribution in [3.05, 3.63) is 214 Å². The molecule has 1 aliphatic heterocycles. The summed E-state index contributed by atoms with van der Waals surface area (Å²) in [5, 5.41) is 24.0. The average molecular weight is 950 g/mol. The molecule has 346 valence electrons. The predicted octanol–water partition coefficient (Wildman–Crippen LogP) is 18.6. The van der Waals surface area contributed by atoms with Crippen molar-refractivity contribution in [1.29, 1.82) is 0 Å². The molecular weight excluding hydrogens is 893 g/mol. The van der Waals surface area contributed by atoms with Gasteiger partial charge in [-0.1, -0.05) is 162 Å². The van der Waals surface area contributed by atoms with E-state index in [-0.39, 0.29) is 11.5 Å². The van der Waals surface area contributed by atoms with Crippen molar-refractivity contribution in [3.63, 3.8) is 0 Å². The highest BCUT2D eigenvalue weighted by Crippen LogP contribution is 2.52. The summed E-state index contributed by atoms with van der Waals surface area (Å²) in [6.45, 7) is 4.48. The molecule has 2 aliphatic rings. The van der Waals surface area contributed by atoms with Gasteiger partial charge in [-0.25, -0.2) is 0 Å². The average Bonchev–Trinajstić information content (AvgIpc) is 3.99. The van der Waals surface area contributed by atoms with Gasteiger partial charge in [0.05, 0.1) is 11.1 Å². The first-order valence-electron chi connectivity index (χ1n) is 25.1. The van der Waals surface area contributed by atoms with Gasteiger partial charge in [0, 0.05) is 51.5 Å². The van der Waals surface area contributed by atoms with E-state index in [2.05, 4.69) is 205 Å². The molecule has 0 saturated heterocycles. The second-order valence-electron chi connectivity index (χ2n) is 18.7. The minimum atomic E-state index is -0.0742. The summed E-state index contributed by atoms with van der Waals surface area (Å²) < 4.78 is 2.34. The fraction of sp³-hybridized carbons (Fsp3) is 0.188. The van der Waals surface area contributed by atoms with Crippen LogP contribution in [0.1, 0.15) is 82.1 Å². The Labute approximate surface area is 419 Å². The lowest BCUT2D eigenvalue weighted by molar-refractivity contribution is -0.111. The molecule has 0 bridgehead atoms. The Bertz CT molecular complexity index is 3450. The lowest BCUT2D eigenvalue weighted by Crippen LogP contribution is -2.23. The van der Waals surface area contributed by atoms with Gasteiger partial charge in [-0.15, -0.1) is 15.9 Å². The number of hydrogen-bond acceptors (Lipinski definition) is 5. The van der Waals surface area contributed by atoms with Crippen molar-refractivity contribution < 1.29 is 9.90 Å². The molecule has 70 heavy (non-hydrogen) atoms. The minimum Gasteiger partial charge on any atom is -0.506 e. The van der Waals surface area contributed by atoms with Crippen molar-refractivity contribution >= 4 is 110 Å². The van der Waals surface area contributed by atoms with Crippen LogP contribution in [-0.2, 0) is 11.2 Å². The van der Waals surface area contributed by atoms with E-state index in [0.717, 1.165) is 139 Å². The summed E-state index contributed by atoms with van der Waals surface area (Å²) in [6, 6.07) is 62.9. The summed E-state index contributed by atoms with van der Waals surface area (Å²) in [7, 11) is 0. The molecule has 0 spiro atoms. The SMILES string of the molecule is CCCCCCC1=CC(=[N+](c2ccc3ccccc3c2)c2ccc3ccccc3c2)SC1=C1C(=O)C(c2sc(N(c3ccc4ccccc4c3)c3ccc4ccccc4c3)cc2CCCCCC)=C1O. The van der Waals surface area contributed by atoms with Crippen LogP contribution in [0.15, 0.2) is 204 Å². The summed E-state index contributed by atoms with van der Waals surface area (Å²) in [5.41, 5.74) is 7.31. The van der Waals surface area contributed by atoms with E-state index < -0.39 is 0 Å². The van der Waals surface area contributed by atoms with Gasteiger partial charge in [0.25, 0.3) is 5.04 Å². The van der Waals surface area contributed by atoms with E-state index in [1.807, 2.05) is 0 Å². The molecule has 4 nitrogen and oxygen atoms in total. The third-order valence-electron chi connectivity index (χ3n) is 14.0. The van der Waals surface area contributed by atoms with Crippen LogP contribution in [0.5, 0.6) is 0 Å². The van der Waals surface area contributed by atoms with Crippen LogP contribution in [0.25, 0.3) is 48.7 Å². The number of rotatable bonds is 16. The Morgan fingerprint density at radius 2 is 0.971 bits per heavy atom. The number of allylic oxidation sites excluding steroid dienone is 3. The summed E-state index contributed by atoms with van der Waals surface area (Å²) in [6.07, 6.45) is 12.8. The number of carbonyl (C=O) groups is 1. The van der Waals surface area contributed by atoms with E-state index in [1.54, 1.807) is 23.1 Å². The van der Waals surface area contributed by atoms with Crippen LogP contribution < -0.4 is 9.48 Å². The predicted molar refractivity (Wildman–Crippen MR) is 302 cm³/mol. The molecule has 0 amide bonds. The zero-order valence-electron chi connectivity index (χ0n) is 40.0. The zero-order chi connectivity index (χ0) is 47.6. The topological polar surface area (TPSA) is 43.5 Å². The second kappa shape index (κ2) is 20.2. The first kappa shape index (κ1) is 45.5. The maximum absolute atomic E-state index is 15.2. The molecule has 2 heterocycles. The van der Waals surface area contributed by atoms with Crippen molar-refractivity contribution in [3.8, 4) is 0 Å². The number of aliphatic hydroxyl groups excluding tert-OH is 1. The Morgan fingerprint density at radius 1 is 0.500 bits per heavy atom. The molecule has 1 aromatic heterocycles. The Hall–Kier alpha value is -6.99. The van der Waals surface area contributed by atoms with Gasteiger partial charge >= 0.3 is 0 Å². The molecule has 8 aromatic carbocycles. The van der Waals surface area contributed by atoms with E-state index in [0.29, 0.717) is 11.1 Å². The maximum Gasteiger partial charge on any atom is 0.251 e. The number of carbonyl (C=O) groups excluding carboxylic acids is 1. The fourth-order valence-electron chi connectivity index (χ4n) is 10.2. The number of Topliss-reactive ketones (excluding diaryl/α,β-unsaturated/α-hetero) is 1. The molecule has 1 N–H and O–H groups in total. The second-order valence-corrected chi connectivity index (χ2v) is 20.8. The normalized spacial score (nSPS) is 14.9.